The lowest BCUT2D eigenvalue weighted by Gasteiger charge is -2.30. The monoisotopic (exact) mass is 385 g/mol. The molecule has 1 aliphatic rings. The van der Waals surface area contributed by atoms with Crippen LogP contribution in [0.15, 0.2) is 72.9 Å². The van der Waals surface area contributed by atoms with E-state index in [9.17, 15) is 4.79 Å². The Morgan fingerprint density at radius 3 is 2.52 bits per heavy atom. The van der Waals surface area contributed by atoms with Crippen molar-refractivity contribution in [2.24, 2.45) is 0 Å². The maximum absolute atomic E-state index is 13.3. The van der Waals surface area contributed by atoms with E-state index in [0.717, 1.165) is 30.9 Å². The molecule has 0 N–H and O–H groups in total. The Bertz CT molecular complexity index is 984. The topological polar surface area (TPSA) is 36.4 Å². The fraction of sp³-hybridized carbons (Fsp3) is 0.280. The predicted octanol–water partition coefficient (Wildman–Crippen LogP) is 4.70. The van der Waals surface area contributed by atoms with Crippen molar-refractivity contribution in [3.8, 4) is 0 Å². The molecular formula is C25H27N3O. The van der Waals surface area contributed by atoms with Crippen LogP contribution < -0.4 is 4.90 Å². The van der Waals surface area contributed by atoms with Gasteiger partial charge in [-0.3, -0.25) is 4.79 Å². The molecule has 4 rings (SSSR count). The SMILES string of the molecule is CC(C)N(Cc1ccccc1)C(=O)c1ccnc(N2CCc3ccccc3C2)c1. The first-order valence-corrected chi connectivity index (χ1v) is 10.2. The number of rotatable bonds is 5. The van der Waals surface area contributed by atoms with Gasteiger partial charge in [-0.1, -0.05) is 54.6 Å². The summed E-state index contributed by atoms with van der Waals surface area (Å²) in [5.41, 5.74) is 4.57. The second-order valence-electron chi connectivity index (χ2n) is 7.86. The van der Waals surface area contributed by atoms with Crippen LogP contribution in [0.25, 0.3) is 0 Å². The molecule has 2 heterocycles. The van der Waals surface area contributed by atoms with Gasteiger partial charge in [0.25, 0.3) is 5.91 Å². The van der Waals surface area contributed by atoms with E-state index in [0.29, 0.717) is 12.1 Å². The third-order valence-corrected chi connectivity index (χ3v) is 5.53. The number of amides is 1. The van der Waals surface area contributed by atoms with Crippen LogP contribution in [0.2, 0.25) is 0 Å². The molecule has 1 aromatic heterocycles. The van der Waals surface area contributed by atoms with E-state index in [-0.39, 0.29) is 11.9 Å². The fourth-order valence-electron chi connectivity index (χ4n) is 3.85. The molecule has 0 radical (unpaired) electrons. The van der Waals surface area contributed by atoms with Crippen molar-refractivity contribution < 1.29 is 4.79 Å². The highest BCUT2D eigenvalue weighted by molar-refractivity contribution is 5.95. The van der Waals surface area contributed by atoms with E-state index < -0.39 is 0 Å². The van der Waals surface area contributed by atoms with Gasteiger partial charge in [-0.05, 0) is 49.1 Å². The zero-order chi connectivity index (χ0) is 20.2. The quantitative estimate of drug-likeness (QED) is 0.639. The van der Waals surface area contributed by atoms with Crippen LogP contribution in [-0.2, 0) is 19.5 Å². The smallest absolute Gasteiger partial charge is 0.254 e. The van der Waals surface area contributed by atoms with Crippen LogP contribution in [0.5, 0.6) is 0 Å². The van der Waals surface area contributed by atoms with Crippen LogP contribution in [0.4, 0.5) is 5.82 Å². The third kappa shape index (κ3) is 4.32. The fourth-order valence-corrected chi connectivity index (χ4v) is 3.85. The number of anilines is 1. The summed E-state index contributed by atoms with van der Waals surface area (Å²) in [5.74, 6) is 0.915. The van der Waals surface area contributed by atoms with Crippen LogP contribution in [-0.4, -0.2) is 28.4 Å². The molecular weight excluding hydrogens is 358 g/mol. The second-order valence-corrected chi connectivity index (χ2v) is 7.86. The van der Waals surface area contributed by atoms with Crippen LogP contribution >= 0.6 is 0 Å². The van der Waals surface area contributed by atoms with Crippen molar-refractivity contribution in [2.75, 3.05) is 11.4 Å². The van der Waals surface area contributed by atoms with Gasteiger partial charge < -0.3 is 9.80 Å². The first-order chi connectivity index (χ1) is 14.1. The maximum atomic E-state index is 13.3. The average molecular weight is 386 g/mol. The molecule has 3 aromatic rings. The van der Waals surface area contributed by atoms with Gasteiger partial charge in [-0.2, -0.15) is 0 Å². The van der Waals surface area contributed by atoms with Crippen molar-refractivity contribution in [2.45, 2.75) is 39.4 Å². The maximum Gasteiger partial charge on any atom is 0.254 e. The number of carbonyl (C=O) groups is 1. The number of fused-ring (bicyclic) bond motifs is 1. The lowest BCUT2D eigenvalue weighted by molar-refractivity contribution is 0.0690. The van der Waals surface area contributed by atoms with E-state index in [1.807, 2.05) is 35.2 Å². The Kier molecular flexibility index (Phi) is 5.61. The van der Waals surface area contributed by atoms with Gasteiger partial charge in [0.1, 0.15) is 5.82 Å². The minimum atomic E-state index is 0.0462. The molecule has 0 saturated heterocycles. The third-order valence-electron chi connectivity index (χ3n) is 5.53. The van der Waals surface area contributed by atoms with Gasteiger partial charge in [-0.15, -0.1) is 0 Å². The number of carbonyl (C=O) groups excluding carboxylic acids is 1. The Hall–Kier alpha value is -3.14. The lowest BCUT2D eigenvalue weighted by Crippen LogP contribution is -2.36. The molecule has 0 atom stereocenters. The summed E-state index contributed by atoms with van der Waals surface area (Å²) in [5, 5.41) is 0. The molecule has 1 amide bonds. The molecule has 2 aromatic carbocycles. The zero-order valence-electron chi connectivity index (χ0n) is 17.1. The number of benzene rings is 2. The van der Waals surface area contributed by atoms with E-state index in [1.165, 1.54) is 11.1 Å². The number of pyridine rings is 1. The molecule has 0 bridgehead atoms. The highest BCUT2D eigenvalue weighted by Gasteiger charge is 2.22. The molecule has 0 unspecified atom stereocenters. The van der Waals surface area contributed by atoms with Crippen LogP contribution in [0.1, 0.15) is 40.9 Å². The number of aromatic nitrogens is 1. The van der Waals surface area contributed by atoms with Gasteiger partial charge in [0.05, 0.1) is 0 Å². The van der Waals surface area contributed by atoms with Crippen molar-refractivity contribution in [3.63, 3.8) is 0 Å². The highest BCUT2D eigenvalue weighted by atomic mass is 16.2. The predicted molar refractivity (Wildman–Crippen MR) is 117 cm³/mol. The Morgan fingerprint density at radius 2 is 1.76 bits per heavy atom. The summed E-state index contributed by atoms with van der Waals surface area (Å²) >= 11 is 0. The van der Waals surface area contributed by atoms with Gasteiger partial charge in [0.2, 0.25) is 0 Å². The van der Waals surface area contributed by atoms with E-state index in [4.69, 9.17) is 0 Å². The Balaban J connectivity index is 1.55. The molecule has 4 nitrogen and oxygen atoms in total. The van der Waals surface area contributed by atoms with Crippen molar-refractivity contribution in [1.29, 1.82) is 0 Å². The normalized spacial score (nSPS) is 13.3. The minimum absolute atomic E-state index is 0.0462. The van der Waals surface area contributed by atoms with Crippen molar-refractivity contribution in [1.82, 2.24) is 9.88 Å². The zero-order valence-corrected chi connectivity index (χ0v) is 17.1. The van der Waals surface area contributed by atoms with Crippen LogP contribution in [0.3, 0.4) is 0 Å². The number of hydrogen-bond acceptors (Lipinski definition) is 3. The number of hydrogen-bond donors (Lipinski definition) is 0. The standard InChI is InChI=1S/C25H27N3O/c1-19(2)28(17-20-8-4-3-5-9-20)25(29)22-12-14-26-24(16-22)27-15-13-21-10-6-7-11-23(21)18-27/h3-12,14,16,19H,13,15,17-18H2,1-2H3. The van der Waals surface area contributed by atoms with Crippen molar-refractivity contribution >= 4 is 11.7 Å². The average Bonchev–Trinajstić information content (AvgIpc) is 2.77. The Morgan fingerprint density at radius 1 is 1.03 bits per heavy atom. The van der Waals surface area contributed by atoms with Crippen molar-refractivity contribution in [3.05, 3.63) is 95.2 Å². The largest absolute Gasteiger partial charge is 0.352 e. The summed E-state index contributed by atoms with van der Waals surface area (Å²) in [4.78, 5) is 22.0. The minimum Gasteiger partial charge on any atom is -0.352 e. The molecule has 0 aliphatic carbocycles. The van der Waals surface area contributed by atoms with Gasteiger partial charge in [-0.25, -0.2) is 4.98 Å². The first-order valence-electron chi connectivity index (χ1n) is 10.2. The summed E-state index contributed by atoms with van der Waals surface area (Å²) in [6.07, 6.45) is 2.76. The van der Waals surface area contributed by atoms with E-state index >= 15 is 0 Å². The van der Waals surface area contributed by atoms with Crippen LogP contribution in [0, 0.1) is 0 Å². The molecule has 0 saturated carbocycles. The van der Waals surface area contributed by atoms with E-state index in [2.05, 4.69) is 60.1 Å². The number of nitrogens with zero attached hydrogens (tertiary/aromatic N) is 3. The van der Waals surface area contributed by atoms with Gasteiger partial charge in [0.15, 0.2) is 0 Å². The highest BCUT2D eigenvalue weighted by Crippen LogP contribution is 2.24. The lowest BCUT2D eigenvalue weighted by atomic mass is 10.00. The molecule has 0 fully saturated rings. The molecule has 29 heavy (non-hydrogen) atoms. The first kappa shape index (κ1) is 19.2. The second kappa shape index (κ2) is 8.48. The molecule has 4 heteroatoms. The Labute approximate surface area is 172 Å². The summed E-state index contributed by atoms with van der Waals surface area (Å²) < 4.78 is 0. The molecule has 148 valence electrons. The van der Waals surface area contributed by atoms with Gasteiger partial charge in [0, 0.05) is 37.4 Å². The van der Waals surface area contributed by atoms with E-state index in [1.54, 1.807) is 6.20 Å². The molecule has 1 aliphatic heterocycles. The summed E-state index contributed by atoms with van der Waals surface area (Å²) in [6.45, 7) is 6.47. The summed E-state index contributed by atoms with van der Waals surface area (Å²) in [7, 11) is 0. The summed E-state index contributed by atoms with van der Waals surface area (Å²) in [6, 6.07) is 22.6. The van der Waals surface area contributed by atoms with Gasteiger partial charge >= 0.3 is 0 Å². The molecule has 0 spiro atoms.